The molecule has 0 saturated heterocycles. The Kier molecular flexibility index (Phi) is 2.58. The number of aryl methyl sites for hydroxylation is 1. The number of rotatable bonds is 1. The molecule has 3 nitrogen and oxygen atoms in total. The molecule has 0 fully saturated rings. The summed E-state index contributed by atoms with van der Waals surface area (Å²) in [6.07, 6.45) is 1.96. The van der Waals surface area contributed by atoms with Crippen LogP contribution >= 0.6 is 0 Å². The van der Waals surface area contributed by atoms with Crippen LogP contribution in [0.15, 0.2) is 12.1 Å². The van der Waals surface area contributed by atoms with Gasteiger partial charge in [-0.05, 0) is 24.5 Å². The van der Waals surface area contributed by atoms with E-state index in [-0.39, 0.29) is 17.5 Å². The van der Waals surface area contributed by atoms with Crippen LogP contribution in [0.1, 0.15) is 18.4 Å². The van der Waals surface area contributed by atoms with Gasteiger partial charge in [0.2, 0.25) is 5.91 Å². The van der Waals surface area contributed by atoms with Crippen LogP contribution in [0.2, 0.25) is 0 Å². The lowest BCUT2D eigenvalue weighted by atomic mass is 10.1. The minimum Gasteiger partial charge on any atom is -0.494 e. The van der Waals surface area contributed by atoms with Crippen molar-refractivity contribution in [2.75, 3.05) is 12.4 Å². The number of carbonyl (C=O) groups is 1. The van der Waals surface area contributed by atoms with Crippen LogP contribution < -0.4 is 10.1 Å². The quantitative estimate of drug-likeness (QED) is 0.769. The summed E-state index contributed by atoms with van der Waals surface area (Å²) in [5.74, 6) is -0.245. The molecule has 1 aliphatic rings. The summed E-state index contributed by atoms with van der Waals surface area (Å²) < 4.78 is 18.2. The molecule has 0 spiro atoms. The molecule has 2 rings (SSSR count). The summed E-state index contributed by atoms with van der Waals surface area (Å²) in [4.78, 5) is 11.3. The van der Waals surface area contributed by atoms with E-state index in [9.17, 15) is 9.18 Å². The molecule has 1 heterocycles. The van der Waals surface area contributed by atoms with Crippen LogP contribution in [0.3, 0.4) is 0 Å². The van der Waals surface area contributed by atoms with Gasteiger partial charge in [-0.1, -0.05) is 0 Å². The summed E-state index contributed by atoms with van der Waals surface area (Å²) >= 11 is 0. The first-order chi connectivity index (χ1) is 7.20. The molecule has 4 heteroatoms. The molecular weight excluding hydrogens is 197 g/mol. The summed E-state index contributed by atoms with van der Waals surface area (Å²) in [6, 6.07) is 2.97. The maximum Gasteiger partial charge on any atom is 0.224 e. The van der Waals surface area contributed by atoms with Gasteiger partial charge >= 0.3 is 0 Å². The van der Waals surface area contributed by atoms with Crippen molar-refractivity contribution in [1.82, 2.24) is 0 Å². The fourth-order valence-electron chi connectivity index (χ4n) is 1.73. The predicted octanol–water partition coefficient (Wildman–Crippen LogP) is 2.11. The van der Waals surface area contributed by atoms with Crippen molar-refractivity contribution in [3.63, 3.8) is 0 Å². The van der Waals surface area contributed by atoms with Crippen molar-refractivity contribution in [2.45, 2.75) is 19.3 Å². The normalized spacial score (nSPS) is 15.2. The van der Waals surface area contributed by atoms with Crippen LogP contribution in [0.25, 0.3) is 0 Å². The topological polar surface area (TPSA) is 38.3 Å². The third-order valence-corrected chi connectivity index (χ3v) is 2.50. The van der Waals surface area contributed by atoms with Crippen LogP contribution in [0, 0.1) is 5.82 Å². The number of methoxy groups -OCH3 is 1. The van der Waals surface area contributed by atoms with E-state index in [1.54, 1.807) is 0 Å². The highest BCUT2D eigenvalue weighted by Crippen LogP contribution is 2.29. The zero-order valence-corrected chi connectivity index (χ0v) is 8.47. The van der Waals surface area contributed by atoms with E-state index in [1.807, 2.05) is 0 Å². The van der Waals surface area contributed by atoms with Gasteiger partial charge in [-0.15, -0.1) is 0 Å². The molecule has 0 aromatic heterocycles. The average Bonchev–Trinajstić information content (AvgIpc) is 2.37. The van der Waals surface area contributed by atoms with Crippen molar-refractivity contribution in [1.29, 1.82) is 0 Å². The molecule has 0 bridgehead atoms. The highest BCUT2D eigenvalue weighted by atomic mass is 19.1. The number of hydrogen-bond acceptors (Lipinski definition) is 2. The Balaban J connectivity index is 2.44. The van der Waals surface area contributed by atoms with Gasteiger partial charge in [0.1, 0.15) is 0 Å². The number of fused-ring (bicyclic) bond motifs is 1. The van der Waals surface area contributed by atoms with E-state index in [1.165, 1.54) is 19.2 Å². The number of ether oxygens (including phenoxy) is 1. The largest absolute Gasteiger partial charge is 0.494 e. The number of halogens is 1. The Morgan fingerprint density at radius 2 is 2.20 bits per heavy atom. The Labute approximate surface area is 87.2 Å². The molecule has 1 amide bonds. The van der Waals surface area contributed by atoms with Crippen molar-refractivity contribution < 1.29 is 13.9 Å². The standard InChI is InChI=1S/C11H12FNO2/c1-15-10-6-9-7(5-8(10)12)3-2-4-11(14)13-9/h5-6H,2-4H2,1H3,(H,13,14). The first-order valence-corrected chi connectivity index (χ1v) is 4.87. The number of nitrogens with one attached hydrogen (secondary N) is 1. The lowest BCUT2D eigenvalue weighted by molar-refractivity contribution is -0.116. The third-order valence-electron chi connectivity index (χ3n) is 2.50. The summed E-state index contributed by atoms with van der Waals surface area (Å²) in [6.45, 7) is 0. The van der Waals surface area contributed by atoms with E-state index in [2.05, 4.69) is 5.32 Å². The van der Waals surface area contributed by atoms with Gasteiger partial charge in [0.05, 0.1) is 7.11 Å². The fraction of sp³-hybridized carbons (Fsp3) is 0.364. The molecule has 0 atom stereocenters. The van der Waals surface area contributed by atoms with E-state index in [0.29, 0.717) is 12.1 Å². The van der Waals surface area contributed by atoms with Crippen LogP contribution in [0.4, 0.5) is 10.1 Å². The van der Waals surface area contributed by atoms with E-state index in [4.69, 9.17) is 4.74 Å². The zero-order chi connectivity index (χ0) is 10.8. The molecule has 80 valence electrons. The van der Waals surface area contributed by atoms with Gasteiger partial charge in [-0.2, -0.15) is 0 Å². The molecule has 1 N–H and O–H groups in total. The minimum atomic E-state index is -0.382. The van der Waals surface area contributed by atoms with Gasteiger partial charge < -0.3 is 10.1 Å². The van der Waals surface area contributed by atoms with E-state index >= 15 is 0 Å². The lowest BCUT2D eigenvalue weighted by Crippen LogP contribution is -2.09. The second-order valence-corrected chi connectivity index (χ2v) is 3.55. The minimum absolute atomic E-state index is 0.0255. The van der Waals surface area contributed by atoms with Crippen LogP contribution in [-0.4, -0.2) is 13.0 Å². The van der Waals surface area contributed by atoms with Gasteiger partial charge in [0, 0.05) is 18.2 Å². The number of hydrogen-bond donors (Lipinski definition) is 1. The molecular formula is C11H12FNO2. The van der Waals surface area contributed by atoms with Gasteiger partial charge in [-0.3, -0.25) is 4.79 Å². The molecule has 0 radical (unpaired) electrons. The van der Waals surface area contributed by atoms with E-state index < -0.39 is 0 Å². The smallest absolute Gasteiger partial charge is 0.224 e. The van der Waals surface area contributed by atoms with Crippen LogP contribution in [-0.2, 0) is 11.2 Å². The Hall–Kier alpha value is -1.58. The number of benzene rings is 1. The van der Waals surface area contributed by atoms with Crippen LogP contribution in [0.5, 0.6) is 5.75 Å². The maximum atomic E-state index is 13.4. The highest BCUT2D eigenvalue weighted by Gasteiger charge is 2.15. The second kappa shape index (κ2) is 3.88. The van der Waals surface area contributed by atoms with Crippen molar-refractivity contribution in [3.8, 4) is 5.75 Å². The van der Waals surface area contributed by atoms with Gasteiger partial charge in [0.25, 0.3) is 0 Å². The van der Waals surface area contributed by atoms with Crippen molar-refractivity contribution in [2.24, 2.45) is 0 Å². The number of amides is 1. The first-order valence-electron chi connectivity index (χ1n) is 4.87. The molecule has 15 heavy (non-hydrogen) atoms. The summed E-state index contributed by atoms with van der Waals surface area (Å²) in [7, 11) is 1.41. The Bertz CT molecular complexity index is 404. The maximum absolute atomic E-state index is 13.4. The second-order valence-electron chi connectivity index (χ2n) is 3.55. The van der Waals surface area contributed by atoms with Crippen molar-refractivity contribution >= 4 is 11.6 Å². The SMILES string of the molecule is COc1cc2c(cc1F)CCCC(=O)N2. The molecule has 1 aromatic carbocycles. The van der Waals surface area contributed by atoms with E-state index in [0.717, 1.165) is 18.4 Å². The first kappa shape index (κ1) is 9.96. The summed E-state index contributed by atoms with van der Waals surface area (Å²) in [5, 5.41) is 2.74. The molecule has 1 aromatic rings. The average molecular weight is 209 g/mol. The van der Waals surface area contributed by atoms with Gasteiger partial charge in [0.15, 0.2) is 11.6 Å². The number of carbonyl (C=O) groups excluding carboxylic acids is 1. The predicted molar refractivity (Wildman–Crippen MR) is 54.5 cm³/mol. The van der Waals surface area contributed by atoms with Crippen molar-refractivity contribution in [3.05, 3.63) is 23.5 Å². The molecule has 0 saturated carbocycles. The monoisotopic (exact) mass is 209 g/mol. The highest BCUT2D eigenvalue weighted by molar-refractivity contribution is 5.92. The third kappa shape index (κ3) is 1.93. The molecule has 0 aliphatic carbocycles. The number of anilines is 1. The molecule has 1 aliphatic heterocycles. The molecule has 0 unspecified atom stereocenters. The zero-order valence-electron chi connectivity index (χ0n) is 8.47. The Morgan fingerprint density at radius 1 is 1.40 bits per heavy atom. The van der Waals surface area contributed by atoms with Gasteiger partial charge in [-0.25, -0.2) is 4.39 Å². The lowest BCUT2D eigenvalue weighted by Gasteiger charge is -2.09. The fourth-order valence-corrected chi connectivity index (χ4v) is 1.73. The Morgan fingerprint density at radius 3 is 2.93 bits per heavy atom. The summed E-state index contributed by atoms with van der Waals surface area (Å²) in [5.41, 5.74) is 1.50.